The lowest BCUT2D eigenvalue weighted by molar-refractivity contribution is 0.402. The molecule has 0 fully saturated rings. The Bertz CT molecular complexity index is 494. The fourth-order valence-electron chi connectivity index (χ4n) is 1.38. The van der Waals surface area contributed by atoms with Crippen LogP contribution in [0.3, 0.4) is 0 Å². The third-order valence-electron chi connectivity index (χ3n) is 2.15. The van der Waals surface area contributed by atoms with Gasteiger partial charge in [0.15, 0.2) is 0 Å². The summed E-state index contributed by atoms with van der Waals surface area (Å²) >= 11 is 0. The number of benzene rings is 1. The van der Waals surface area contributed by atoms with Crippen LogP contribution in [0.4, 0.5) is 0 Å². The fourth-order valence-corrected chi connectivity index (χ4v) is 2.16. The summed E-state index contributed by atoms with van der Waals surface area (Å²) < 4.78 is 21.9. The average molecular weight is 236 g/mol. The highest BCUT2D eigenvalue weighted by Gasteiger charge is 2.09. The van der Waals surface area contributed by atoms with Crippen LogP contribution >= 0.6 is 0 Å². The Hall–Kier alpha value is -1.62. The molecule has 1 aromatic carbocycles. The summed E-state index contributed by atoms with van der Waals surface area (Å²) in [6, 6.07) is 5.28. The van der Waals surface area contributed by atoms with E-state index in [0.717, 1.165) is 0 Å². The topological polar surface area (TPSA) is 47.9 Å². The van der Waals surface area contributed by atoms with Gasteiger partial charge in [0.25, 0.3) is 0 Å². The molecule has 5 heteroatoms. The molecule has 0 bridgehead atoms. The largest absolute Gasteiger partial charge is 0.498 e. The van der Waals surface area contributed by atoms with Gasteiger partial charge in [0, 0.05) is 0 Å². The van der Waals surface area contributed by atoms with E-state index in [9.17, 15) is 4.21 Å². The first-order valence-corrected chi connectivity index (χ1v) is 5.77. The van der Waals surface area contributed by atoms with E-state index in [1.807, 2.05) is 0 Å². The van der Waals surface area contributed by atoms with E-state index in [0.29, 0.717) is 22.1 Å². The number of rotatable bonds is 3. The molecule has 1 unspecified atom stereocenters. The lowest BCUT2D eigenvalue weighted by atomic mass is 10.2. The van der Waals surface area contributed by atoms with Gasteiger partial charge in [-0.05, 0) is 39.6 Å². The van der Waals surface area contributed by atoms with Crippen LogP contribution in [0.1, 0.15) is 5.56 Å². The normalized spacial score (nSPS) is 18.4. The minimum absolute atomic E-state index is 0.441. The Morgan fingerprint density at radius 3 is 2.69 bits per heavy atom. The molecule has 2 rings (SSSR count). The molecular weight excluding hydrogens is 226 g/mol. The molecule has 4 nitrogen and oxygen atoms in total. The zero-order chi connectivity index (χ0) is 11.5. The summed E-state index contributed by atoms with van der Waals surface area (Å²) in [6.07, 6.45) is 2.58. The van der Waals surface area contributed by atoms with Gasteiger partial charge in [-0.1, -0.05) is 5.41 Å². The molecule has 0 radical (unpaired) electrons. The van der Waals surface area contributed by atoms with Gasteiger partial charge in [-0.15, -0.1) is 6.20 Å². The van der Waals surface area contributed by atoms with Gasteiger partial charge in [-0.25, -0.2) is 0 Å². The highest BCUT2D eigenvalue weighted by Crippen LogP contribution is 2.26. The number of aliphatic imine (C=N–C) groups is 1. The van der Waals surface area contributed by atoms with Gasteiger partial charge in [0.2, 0.25) is 0 Å². The molecule has 0 spiro atoms. The average Bonchev–Trinajstić information content (AvgIpc) is 2.74. The van der Waals surface area contributed by atoms with E-state index in [1.54, 1.807) is 32.4 Å². The molecular formula is C11H10NO3S-. The van der Waals surface area contributed by atoms with Crippen LogP contribution in [0.15, 0.2) is 28.6 Å². The SMILES string of the molecule is COc1ccc(OC)c(C2=N[C-]=CS2=O)c1. The molecule has 1 heterocycles. The van der Waals surface area contributed by atoms with Gasteiger partial charge in [0.05, 0.1) is 14.2 Å². The Morgan fingerprint density at radius 1 is 1.31 bits per heavy atom. The third-order valence-corrected chi connectivity index (χ3v) is 3.17. The van der Waals surface area contributed by atoms with Gasteiger partial charge < -0.3 is 14.5 Å². The standard InChI is InChI=1S/C11H10NO3S/c1-14-8-3-4-10(15-2)9(7-8)11-12-5-6-16(11)13/h3-4,6-7H,1-2H3/q-1. The van der Waals surface area contributed by atoms with Crippen molar-refractivity contribution in [1.82, 2.24) is 0 Å². The predicted octanol–water partition coefficient (Wildman–Crippen LogP) is 1.49. The molecule has 0 aliphatic carbocycles. The Labute approximate surface area is 96.1 Å². The number of hydrogen-bond donors (Lipinski definition) is 0. The van der Waals surface area contributed by atoms with Crippen molar-refractivity contribution >= 4 is 15.8 Å². The molecule has 0 aromatic heterocycles. The van der Waals surface area contributed by atoms with Crippen molar-refractivity contribution in [1.29, 1.82) is 0 Å². The van der Waals surface area contributed by atoms with Crippen LogP contribution in [0.2, 0.25) is 0 Å². The minimum atomic E-state index is -1.26. The second kappa shape index (κ2) is 4.49. The van der Waals surface area contributed by atoms with Crippen molar-refractivity contribution in [2.75, 3.05) is 14.2 Å². The van der Waals surface area contributed by atoms with Gasteiger partial charge >= 0.3 is 0 Å². The summed E-state index contributed by atoms with van der Waals surface area (Å²) in [6.45, 7) is 0. The molecule has 1 atom stereocenters. The molecule has 0 N–H and O–H groups in total. The summed E-state index contributed by atoms with van der Waals surface area (Å²) in [4.78, 5) is 3.95. The second-order valence-electron chi connectivity index (χ2n) is 3.03. The molecule has 84 valence electrons. The van der Waals surface area contributed by atoms with Crippen LogP contribution in [-0.2, 0) is 10.8 Å². The monoisotopic (exact) mass is 236 g/mol. The molecule has 0 saturated carbocycles. The maximum atomic E-state index is 11.6. The van der Waals surface area contributed by atoms with E-state index in [-0.39, 0.29) is 0 Å². The second-order valence-corrected chi connectivity index (χ2v) is 4.24. The Kier molecular flexibility index (Phi) is 3.05. The lowest BCUT2D eigenvalue weighted by Crippen LogP contribution is -2.06. The molecule has 0 amide bonds. The zero-order valence-corrected chi connectivity index (χ0v) is 9.71. The van der Waals surface area contributed by atoms with Gasteiger partial charge in [0.1, 0.15) is 11.5 Å². The number of nitrogens with zero attached hydrogens (tertiary/aromatic N) is 1. The fraction of sp³-hybridized carbons (Fsp3) is 0.182. The maximum Gasteiger partial charge on any atom is 0.118 e. The number of methoxy groups -OCH3 is 2. The first kappa shape index (κ1) is 10.9. The quantitative estimate of drug-likeness (QED) is 0.747. The van der Waals surface area contributed by atoms with Crippen molar-refractivity contribution in [2.45, 2.75) is 0 Å². The number of ether oxygens (including phenoxy) is 2. The van der Waals surface area contributed by atoms with Crippen LogP contribution in [0, 0.1) is 6.20 Å². The summed E-state index contributed by atoms with van der Waals surface area (Å²) in [5, 5.41) is 1.85. The van der Waals surface area contributed by atoms with Crippen molar-refractivity contribution in [2.24, 2.45) is 4.99 Å². The summed E-state index contributed by atoms with van der Waals surface area (Å²) in [5.74, 6) is 1.28. The van der Waals surface area contributed by atoms with Crippen LogP contribution in [0.25, 0.3) is 0 Å². The van der Waals surface area contributed by atoms with E-state index < -0.39 is 10.8 Å². The smallest absolute Gasteiger partial charge is 0.118 e. The van der Waals surface area contributed by atoms with Crippen LogP contribution in [0.5, 0.6) is 11.5 Å². The molecule has 1 aliphatic heterocycles. The highest BCUT2D eigenvalue weighted by atomic mass is 32.2. The summed E-state index contributed by atoms with van der Waals surface area (Å²) in [5.41, 5.74) is 0.668. The summed E-state index contributed by atoms with van der Waals surface area (Å²) in [7, 11) is 1.87. The van der Waals surface area contributed by atoms with Crippen LogP contribution in [-0.4, -0.2) is 23.5 Å². The van der Waals surface area contributed by atoms with E-state index >= 15 is 0 Å². The van der Waals surface area contributed by atoms with E-state index in [2.05, 4.69) is 11.2 Å². The van der Waals surface area contributed by atoms with Crippen molar-refractivity contribution < 1.29 is 13.7 Å². The Morgan fingerprint density at radius 2 is 2.12 bits per heavy atom. The maximum absolute atomic E-state index is 11.6. The van der Waals surface area contributed by atoms with E-state index in [1.165, 1.54) is 5.41 Å². The Balaban J connectivity index is 2.49. The zero-order valence-electron chi connectivity index (χ0n) is 8.89. The van der Waals surface area contributed by atoms with E-state index in [4.69, 9.17) is 9.47 Å². The molecule has 1 aromatic rings. The highest BCUT2D eigenvalue weighted by molar-refractivity contribution is 8.04. The predicted molar refractivity (Wildman–Crippen MR) is 62.0 cm³/mol. The molecule has 1 aliphatic rings. The van der Waals surface area contributed by atoms with Gasteiger partial charge in [-0.2, -0.15) is 0 Å². The molecule has 0 saturated heterocycles. The van der Waals surface area contributed by atoms with Gasteiger partial charge in [-0.3, -0.25) is 4.21 Å². The van der Waals surface area contributed by atoms with Crippen LogP contribution < -0.4 is 9.47 Å². The molecule has 16 heavy (non-hydrogen) atoms. The van der Waals surface area contributed by atoms with Crippen molar-refractivity contribution in [3.8, 4) is 11.5 Å². The first-order valence-electron chi connectivity index (χ1n) is 4.56. The van der Waals surface area contributed by atoms with Crippen molar-refractivity contribution in [3.05, 3.63) is 35.4 Å². The third kappa shape index (κ3) is 1.86. The number of hydrogen-bond acceptors (Lipinski definition) is 4. The minimum Gasteiger partial charge on any atom is -0.498 e. The lowest BCUT2D eigenvalue weighted by Gasteiger charge is -2.14. The van der Waals surface area contributed by atoms with Crippen molar-refractivity contribution in [3.63, 3.8) is 0 Å². The first-order chi connectivity index (χ1) is 7.76.